The summed E-state index contributed by atoms with van der Waals surface area (Å²) in [6.45, 7) is 7.31. The summed E-state index contributed by atoms with van der Waals surface area (Å²) >= 11 is 0. The van der Waals surface area contributed by atoms with Gasteiger partial charge in [0.15, 0.2) is 0 Å². The summed E-state index contributed by atoms with van der Waals surface area (Å²) in [5.41, 5.74) is 2.43. The normalized spacial score (nSPS) is 16.7. The first-order chi connectivity index (χ1) is 9.65. The Morgan fingerprint density at radius 2 is 2.00 bits per heavy atom. The van der Waals surface area contributed by atoms with Gasteiger partial charge < -0.3 is 10.2 Å². The van der Waals surface area contributed by atoms with Gasteiger partial charge in [0.2, 0.25) is 5.91 Å². The fourth-order valence-corrected chi connectivity index (χ4v) is 2.43. The molecule has 0 saturated carbocycles. The summed E-state index contributed by atoms with van der Waals surface area (Å²) in [6.07, 6.45) is 1.12. The van der Waals surface area contributed by atoms with Gasteiger partial charge in [-0.15, -0.1) is 0 Å². The summed E-state index contributed by atoms with van der Waals surface area (Å²) in [7, 11) is 1.89. The van der Waals surface area contributed by atoms with E-state index in [1.165, 1.54) is 11.1 Å². The Morgan fingerprint density at radius 1 is 1.25 bits per heavy atom. The quantitative estimate of drug-likeness (QED) is 0.898. The molecule has 0 radical (unpaired) electrons. The Morgan fingerprint density at radius 3 is 2.75 bits per heavy atom. The predicted octanol–water partition coefficient (Wildman–Crippen LogP) is 1.25. The number of likely N-dealkylation sites (N-methyl/N-ethyl adjacent to an activating group) is 1. The molecule has 0 atom stereocenters. The van der Waals surface area contributed by atoms with Crippen molar-refractivity contribution in [2.45, 2.75) is 19.9 Å². The SMILES string of the molecule is Cc1ccc(CN(C)C(=O)CN2CCCNCC2)cc1. The van der Waals surface area contributed by atoms with Gasteiger partial charge in [0.25, 0.3) is 0 Å². The lowest BCUT2D eigenvalue weighted by Gasteiger charge is -2.23. The maximum atomic E-state index is 12.3. The van der Waals surface area contributed by atoms with E-state index in [0.717, 1.165) is 32.6 Å². The van der Waals surface area contributed by atoms with Gasteiger partial charge in [-0.2, -0.15) is 0 Å². The van der Waals surface area contributed by atoms with Crippen molar-refractivity contribution in [3.8, 4) is 0 Å². The highest BCUT2D eigenvalue weighted by molar-refractivity contribution is 5.78. The summed E-state index contributed by atoms with van der Waals surface area (Å²) in [5, 5.41) is 3.36. The van der Waals surface area contributed by atoms with Gasteiger partial charge in [0.05, 0.1) is 6.54 Å². The van der Waals surface area contributed by atoms with E-state index in [-0.39, 0.29) is 5.91 Å². The Bertz CT molecular complexity index is 422. The molecule has 1 aromatic rings. The molecule has 1 amide bonds. The first-order valence-electron chi connectivity index (χ1n) is 7.38. The van der Waals surface area contributed by atoms with Gasteiger partial charge in [-0.25, -0.2) is 0 Å². The van der Waals surface area contributed by atoms with Crippen LogP contribution in [-0.4, -0.2) is 55.5 Å². The van der Waals surface area contributed by atoms with Crippen LogP contribution in [0.4, 0.5) is 0 Å². The number of rotatable bonds is 4. The maximum absolute atomic E-state index is 12.3. The average molecular weight is 275 g/mol. The first kappa shape index (κ1) is 15.0. The number of carbonyl (C=O) groups is 1. The zero-order valence-corrected chi connectivity index (χ0v) is 12.6. The third kappa shape index (κ3) is 4.62. The standard InChI is InChI=1S/C16H25N3O/c1-14-4-6-15(7-5-14)12-18(2)16(20)13-19-10-3-8-17-9-11-19/h4-7,17H,3,8-13H2,1-2H3. The molecule has 1 heterocycles. The van der Waals surface area contributed by atoms with Gasteiger partial charge in [-0.1, -0.05) is 29.8 Å². The van der Waals surface area contributed by atoms with E-state index in [1.54, 1.807) is 0 Å². The molecule has 4 heteroatoms. The van der Waals surface area contributed by atoms with Gasteiger partial charge >= 0.3 is 0 Å². The van der Waals surface area contributed by atoms with E-state index in [1.807, 2.05) is 11.9 Å². The molecule has 1 aliphatic heterocycles. The highest BCUT2D eigenvalue weighted by Gasteiger charge is 2.15. The van der Waals surface area contributed by atoms with Gasteiger partial charge in [-0.3, -0.25) is 9.69 Å². The van der Waals surface area contributed by atoms with Crippen LogP contribution in [0, 0.1) is 6.92 Å². The van der Waals surface area contributed by atoms with Crippen molar-refractivity contribution < 1.29 is 4.79 Å². The topological polar surface area (TPSA) is 35.6 Å². The highest BCUT2D eigenvalue weighted by atomic mass is 16.2. The predicted molar refractivity (Wildman–Crippen MR) is 81.6 cm³/mol. The minimum atomic E-state index is 0.201. The maximum Gasteiger partial charge on any atom is 0.236 e. The molecule has 0 unspecified atom stereocenters. The number of carbonyl (C=O) groups excluding carboxylic acids is 1. The smallest absolute Gasteiger partial charge is 0.236 e. The number of benzene rings is 1. The lowest BCUT2D eigenvalue weighted by molar-refractivity contribution is -0.131. The molecule has 1 saturated heterocycles. The molecule has 0 aliphatic carbocycles. The van der Waals surface area contributed by atoms with E-state index in [0.29, 0.717) is 13.1 Å². The van der Waals surface area contributed by atoms with E-state index in [9.17, 15) is 4.79 Å². The van der Waals surface area contributed by atoms with Crippen molar-refractivity contribution in [2.75, 3.05) is 39.8 Å². The zero-order valence-electron chi connectivity index (χ0n) is 12.6. The van der Waals surface area contributed by atoms with Crippen molar-refractivity contribution in [3.05, 3.63) is 35.4 Å². The van der Waals surface area contributed by atoms with E-state index in [2.05, 4.69) is 41.4 Å². The lowest BCUT2D eigenvalue weighted by atomic mass is 10.1. The minimum Gasteiger partial charge on any atom is -0.340 e. The van der Waals surface area contributed by atoms with Crippen LogP contribution < -0.4 is 5.32 Å². The van der Waals surface area contributed by atoms with Crippen molar-refractivity contribution in [1.82, 2.24) is 15.1 Å². The number of amides is 1. The molecular weight excluding hydrogens is 250 g/mol. The van der Waals surface area contributed by atoms with Crippen LogP contribution in [0.25, 0.3) is 0 Å². The van der Waals surface area contributed by atoms with Crippen LogP contribution in [-0.2, 0) is 11.3 Å². The van der Waals surface area contributed by atoms with Crippen LogP contribution in [0.15, 0.2) is 24.3 Å². The van der Waals surface area contributed by atoms with E-state index < -0.39 is 0 Å². The summed E-state index contributed by atoms with van der Waals surface area (Å²) < 4.78 is 0. The first-order valence-corrected chi connectivity index (χ1v) is 7.38. The number of hydrogen-bond acceptors (Lipinski definition) is 3. The molecule has 0 spiro atoms. The summed E-state index contributed by atoms with van der Waals surface area (Å²) in [5.74, 6) is 0.201. The number of nitrogens with one attached hydrogen (secondary N) is 1. The Labute approximate surface area is 121 Å². The average Bonchev–Trinajstić information content (AvgIpc) is 2.70. The van der Waals surface area contributed by atoms with Crippen molar-refractivity contribution in [3.63, 3.8) is 0 Å². The molecule has 2 rings (SSSR count). The molecule has 0 aromatic heterocycles. The van der Waals surface area contributed by atoms with Crippen LogP contribution in [0.2, 0.25) is 0 Å². The molecule has 0 bridgehead atoms. The van der Waals surface area contributed by atoms with Crippen LogP contribution in [0.1, 0.15) is 17.5 Å². The molecule has 1 aromatic carbocycles. The van der Waals surface area contributed by atoms with Crippen molar-refractivity contribution in [1.29, 1.82) is 0 Å². The van der Waals surface area contributed by atoms with Crippen molar-refractivity contribution >= 4 is 5.91 Å². The number of hydrogen-bond donors (Lipinski definition) is 1. The minimum absolute atomic E-state index is 0.201. The fraction of sp³-hybridized carbons (Fsp3) is 0.562. The molecule has 1 N–H and O–H groups in total. The molecule has 1 fully saturated rings. The molecule has 1 aliphatic rings. The monoisotopic (exact) mass is 275 g/mol. The Balaban J connectivity index is 1.83. The fourth-order valence-electron chi connectivity index (χ4n) is 2.43. The van der Waals surface area contributed by atoms with Gasteiger partial charge in [0.1, 0.15) is 0 Å². The molecular formula is C16H25N3O. The molecule has 20 heavy (non-hydrogen) atoms. The van der Waals surface area contributed by atoms with Crippen LogP contribution in [0.3, 0.4) is 0 Å². The molecule has 110 valence electrons. The third-order valence-electron chi connectivity index (χ3n) is 3.76. The Kier molecular flexibility index (Phi) is 5.56. The zero-order chi connectivity index (χ0) is 14.4. The second-order valence-electron chi connectivity index (χ2n) is 5.62. The highest BCUT2D eigenvalue weighted by Crippen LogP contribution is 2.06. The third-order valence-corrected chi connectivity index (χ3v) is 3.76. The van der Waals surface area contributed by atoms with E-state index in [4.69, 9.17) is 0 Å². The van der Waals surface area contributed by atoms with Gasteiger partial charge in [0, 0.05) is 26.7 Å². The summed E-state index contributed by atoms with van der Waals surface area (Å²) in [4.78, 5) is 16.3. The van der Waals surface area contributed by atoms with Crippen LogP contribution in [0.5, 0.6) is 0 Å². The second-order valence-corrected chi connectivity index (χ2v) is 5.62. The van der Waals surface area contributed by atoms with Crippen molar-refractivity contribution in [2.24, 2.45) is 0 Å². The van der Waals surface area contributed by atoms with Crippen LogP contribution >= 0.6 is 0 Å². The Hall–Kier alpha value is -1.39. The van der Waals surface area contributed by atoms with E-state index >= 15 is 0 Å². The largest absolute Gasteiger partial charge is 0.340 e. The number of nitrogens with zero attached hydrogens (tertiary/aromatic N) is 2. The van der Waals surface area contributed by atoms with Gasteiger partial charge in [-0.05, 0) is 32.0 Å². The second kappa shape index (κ2) is 7.41. The lowest BCUT2D eigenvalue weighted by Crippen LogP contribution is -2.39. The summed E-state index contributed by atoms with van der Waals surface area (Å²) in [6, 6.07) is 8.37. The number of aryl methyl sites for hydroxylation is 1. The molecule has 4 nitrogen and oxygen atoms in total.